The van der Waals surface area contributed by atoms with E-state index < -0.39 is 11.7 Å². The molecule has 0 saturated heterocycles. The highest BCUT2D eigenvalue weighted by atomic mass is 16.5. The number of rotatable bonds is 6. The first-order valence-electron chi connectivity index (χ1n) is 6.25. The zero-order chi connectivity index (χ0) is 13.0. The molecule has 0 spiro atoms. The van der Waals surface area contributed by atoms with Crippen molar-refractivity contribution < 1.29 is 19.1 Å². The summed E-state index contributed by atoms with van der Waals surface area (Å²) in [6.45, 7) is 0.257. The number of ether oxygens (including phenoxy) is 2. The minimum absolute atomic E-state index is 0.257. The van der Waals surface area contributed by atoms with Gasteiger partial charge in [0.1, 0.15) is 5.60 Å². The maximum atomic E-state index is 9.61. The summed E-state index contributed by atoms with van der Waals surface area (Å²) in [4.78, 5) is 4.34. The third-order valence-electron chi connectivity index (χ3n) is 3.45. The Morgan fingerprint density at radius 1 is 1.39 bits per heavy atom. The molecule has 1 atom stereocenters. The number of aliphatic hydroxyl groups is 1. The number of aromatic nitrogens is 2. The molecule has 1 saturated carbocycles. The van der Waals surface area contributed by atoms with E-state index in [-0.39, 0.29) is 6.61 Å². The lowest BCUT2D eigenvalue weighted by Gasteiger charge is -2.22. The van der Waals surface area contributed by atoms with Gasteiger partial charge < -0.3 is 19.1 Å². The van der Waals surface area contributed by atoms with E-state index in [0.717, 1.165) is 25.7 Å². The van der Waals surface area contributed by atoms with Crippen LogP contribution in [0.25, 0.3) is 0 Å². The third-order valence-corrected chi connectivity index (χ3v) is 3.45. The molecule has 1 aliphatic carbocycles. The molecule has 6 heteroatoms. The van der Waals surface area contributed by atoms with Crippen molar-refractivity contribution in [3.05, 3.63) is 11.7 Å². The average Bonchev–Trinajstić information content (AvgIpc) is 2.98. The smallest absolute Gasteiger partial charge is 0.229 e. The average molecular weight is 256 g/mol. The molecule has 102 valence electrons. The van der Waals surface area contributed by atoms with E-state index >= 15 is 0 Å². The van der Waals surface area contributed by atoms with Crippen LogP contribution in [0.15, 0.2) is 4.52 Å². The molecule has 1 aromatic heterocycles. The minimum atomic E-state index is -0.620. The molecule has 0 aliphatic heterocycles. The number of hydrogen-bond donors (Lipinski definition) is 1. The summed E-state index contributed by atoms with van der Waals surface area (Å²) in [7, 11) is 3.22. The zero-order valence-electron chi connectivity index (χ0n) is 10.9. The van der Waals surface area contributed by atoms with Gasteiger partial charge in [0.2, 0.25) is 11.7 Å². The van der Waals surface area contributed by atoms with Gasteiger partial charge in [-0.2, -0.15) is 4.98 Å². The highest BCUT2D eigenvalue weighted by Gasteiger charge is 2.40. The van der Waals surface area contributed by atoms with Crippen LogP contribution in [0.4, 0.5) is 0 Å². The molecule has 0 radical (unpaired) electrons. The second-order valence-corrected chi connectivity index (χ2v) is 4.73. The van der Waals surface area contributed by atoms with E-state index in [4.69, 9.17) is 14.0 Å². The van der Waals surface area contributed by atoms with Gasteiger partial charge in [-0.1, -0.05) is 5.16 Å². The Hall–Kier alpha value is -0.980. The maximum absolute atomic E-state index is 9.61. The molecule has 6 nitrogen and oxygen atoms in total. The van der Waals surface area contributed by atoms with E-state index in [1.54, 1.807) is 14.2 Å². The van der Waals surface area contributed by atoms with E-state index in [9.17, 15) is 5.11 Å². The lowest BCUT2D eigenvalue weighted by Crippen LogP contribution is -2.26. The lowest BCUT2D eigenvalue weighted by molar-refractivity contribution is -0.0178. The predicted octanol–water partition coefficient (Wildman–Crippen LogP) is 1.04. The van der Waals surface area contributed by atoms with E-state index in [1.807, 2.05) is 0 Å². The number of nitrogens with zero attached hydrogens (tertiary/aromatic N) is 2. The van der Waals surface area contributed by atoms with Crippen LogP contribution in [-0.2, 0) is 21.5 Å². The molecule has 2 rings (SSSR count). The van der Waals surface area contributed by atoms with Crippen LogP contribution >= 0.6 is 0 Å². The Kier molecular flexibility index (Phi) is 4.31. The fourth-order valence-corrected chi connectivity index (χ4v) is 2.44. The Bertz CT molecular complexity index is 374. The highest BCUT2D eigenvalue weighted by Crippen LogP contribution is 2.40. The van der Waals surface area contributed by atoms with Crippen LogP contribution < -0.4 is 0 Å². The van der Waals surface area contributed by atoms with Gasteiger partial charge in [0.25, 0.3) is 0 Å². The van der Waals surface area contributed by atoms with Crippen molar-refractivity contribution in [2.24, 2.45) is 0 Å². The van der Waals surface area contributed by atoms with E-state index in [0.29, 0.717) is 18.1 Å². The molecule has 1 aliphatic rings. The molecule has 1 aromatic rings. The van der Waals surface area contributed by atoms with Crippen LogP contribution in [0.1, 0.15) is 37.4 Å². The van der Waals surface area contributed by atoms with Crippen molar-refractivity contribution in [1.82, 2.24) is 10.1 Å². The van der Waals surface area contributed by atoms with Gasteiger partial charge in [0, 0.05) is 14.2 Å². The molecular formula is C12H20N2O4. The first kappa shape index (κ1) is 13.5. The first-order chi connectivity index (χ1) is 8.70. The maximum Gasteiger partial charge on any atom is 0.229 e. The predicted molar refractivity (Wildman–Crippen MR) is 63.0 cm³/mol. The van der Waals surface area contributed by atoms with Crippen LogP contribution in [0.5, 0.6) is 0 Å². The van der Waals surface area contributed by atoms with Gasteiger partial charge in [0.05, 0.1) is 19.1 Å². The summed E-state index contributed by atoms with van der Waals surface area (Å²) < 4.78 is 15.6. The first-order valence-corrected chi connectivity index (χ1v) is 6.25. The van der Waals surface area contributed by atoms with E-state index in [2.05, 4.69) is 10.1 Å². The van der Waals surface area contributed by atoms with Crippen LogP contribution in [0, 0.1) is 0 Å². The molecule has 1 fully saturated rings. The van der Waals surface area contributed by atoms with Gasteiger partial charge in [0.15, 0.2) is 0 Å². The van der Waals surface area contributed by atoms with Crippen molar-refractivity contribution in [3.63, 3.8) is 0 Å². The van der Waals surface area contributed by atoms with Gasteiger partial charge in [-0.3, -0.25) is 0 Å². The van der Waals surface area contributed by atoms with Gasteiger partial charge in [-0.25, -0.2) is 0 Å². The normalized spacial score (nSPS) is 20.2. The monoisotopic (exact) mass is 256 g/mol. The Morgan fingerprint density at radius 3 is 2.72 bits per heavy atom. The topological polar surface area (TPSA) is 77.6 Å². The highest BCUT2D eigenvalue weighted by molar-refractivity contribution is 5.04. The molecule has 0 bridgehead atoms. The lowest BCUT2D eigenvalue weighted by atomic mass is 10.0. The van der Waals surface area contributed by atoms with Crippen LogP contribution in [0.3, 0.4) is 0 Å². The fourth-order valence-electron chi connectivity index (χ4n) is 2.44. The fraction of sp³-hybridized carbons (Fsp3) is 0.833. The third kappa shape index (κ3) is 2.71. The number of aliphatic hydroxyl groups excluding tert-OH is 1. The summed E-state index contributed by atoms with van der Waals surface area (Å²) >= 11 is 0. The Morgan fingerprint density at radius 2 is 2.11 bits per heavy atom. The standard InChI is InChI=1S/C12H20N2O4/c1-16-8-9(15)7-10-13-11(14-18-10)12(17-2)5-3-4-6-12/h9,15H,3-8H2,1-2H3. The van der Waals surface area contributed by atoms with Crippen molar-refractivity contribution in [2.75, 3.05) is 20.8 Å². The second-order valence-electron chi connectivity index (χ2n) is 4.73. The molecule has 1 unspecified atom stereocenters. The largest absolute Gasteiger partial charge is 0.390 e. The summed E-state index contributed by atoms with van der Waals surface area (Å²) in [6, 6.07) is 0. The molecular weight excluding hydrogens is 236 g/mol. The summed E-state index contributed by atoms with van der Waals surface area (Å²) in [5.74, 6) is 1.03. The summed E-state index contributed by atoms with van der Waals surface area (Å²) in [6.07, 6.45) is 3.76. The number of methoxy groups -OCH3 is 2. The van der Waals surface area contributed by atoms with Crippen molar-refractivity contribution >= 4 is 0 Å². The van der Waals surface area contributed by atoms with Gasteiger partial charge in [-0.05, 0) is 25.7 Å². The summed E-state index contributed by atoms with van der Waals surface area (Å²) in [5.41, 5.74) is -0.395. The minimum Gasteiger partial charge on any atom is -0.390 e. The van der Waals surface area contributed by atoms with E-state index in [1.165, 1.54) is 0 Å². The summed E-state index contributed by atoms with van der Waals surface area (Å²) in [5, 5.41) is 13.6. The molecule has 0 amide bonds. The number of hydrogen-bond acceptors (Lipinski definition) is 6. The molecule has 18 heavy (non-hydrogen) atoms. The zero-order valence-corrected chi connectivity index (χ0v) is 10.9. The quantitative estimate of drug-likeness (QED) is 0.819. The van der Waals surface area contributed by atoms with Crippen LogP contribution in [0.2, 0.25) is 0 Å². The van der Waals surface area contributed by atoms with Crippen molar-refractivity contribution in [1.29, 1.82) is 0 Å². The van der Waals surface area contributed by atoms with Crippen molar-refractivity contribution in [3.8, 4) is 0 Å². The Labute approximate surface area is 106 Å². The van der Waals surface area contributed by atoms with Gasteiger partial charge in [-0.15, -0.1) is 0 Å². The second kappa shape index (κ2) is 5.77. The SMILES string of the molecule is COCC(O)Cc1nc(C2(OC)CCCC2)no1. The molecule has 1 heterocycles. The molecule has 1 N–H and O–H groups in total. The molecule has 0 aromatic carbocycles. The van der Waals surface area contributed by atoms with Gasteiger partial charge >= 0.3 is 0 Å². The Balaban J connectivity index is 2.05. The van der Waals surface area contributed by atoms with Crippen molar-refractivity contribution in [2.45, 2.75) is 43.8 Å². The van der Waals surface area contributed by atoms with Crippen LogP contribution in [-0.4, -0.2) is 42.2 Å².